The molecule has 3 aromatic heterocycles. The first-order valence-corrected chi connectivity index (χ1v) is 9.62. The number of aryl methyl sites for hydroxylation is 3. The van der Waals surface area contributed by atoms with Gasteiger partial charge >= 0.3 is 0 Å². The average Bonchev–Trinajstić information content (AvgIpc) is 3.26. The van der Waals surface area contributed by atoms with Crippen molar-refractivity contribution in [3.63, 3.8) is 0 Å². The van der Waals surface area contributed by atoms with E-state index in [4.69, 9.17) is 4.74 Å². The van der Waals surface area contributed by atoms with Gasteiger partial charge in [0.15, 0.2) is 5.82 Å². The molecule has 0 bridgehead atoms. The zero-order chi connectivity index (χ0) is 19.5. The molecule has 0 N–H and O–H groups in total. The van der Waals surface area contributed by atoms with E-state index < -0.39 is 0 Å². The standard InChI is InChI=1S/C19H26N8O/c1-14-8-15(2)27(24-14)17-9-19(21-12-20-17)28-11-16-4-6-26(7-5-16)10-18-23-22-13-25(18)3/h8-9,12-13,16H,4-7,10-11H2,1-3H3. The fourth-order valence-electron chi connectivity index (χ4n) is 3.55. The molecule has 0 aliphatic carbocycles. The minimum Gasteiger partial charge on any atom is -0.477 e. The van der Waals surface area contributed by atoms with Gasteiger partial charge in [-0.1, -0.05) is 0 Å². The van der Waals surface area contributed by atoms with Crippen LogP contribution >= 0.6 is 0 Å². The molecular formula is C19H26N8O. The molecule has 4 heterocycles. The minimum absolute atomic E-state index is 0.530. The minimum atomic E-state index is 0.530. The Labute approximate surface area is 164 Å². The number of ether oxygens (including phenoxy) is 1. The van der Waals surface area contributed by atoms with Crippen molar-refractivity contribution in [1.82, 2.24) is 39.4 Å². The summed E-state index contributed by atoms with van der Waals surface area (Å²) in [6.45, 7) is 7.59. The maximum atomic E-state index is 5.98. The summed E-state index contributed by atoms with van der Waals surface area (Å²) in [4.78, 5) is 11.0. The number of aromatic nitrogens is 7. The van der Waals surface area contributed by atoms with Crippen molar-refractivity contribution in [2.45, 2.75) is 33.2 Å². The molecule has 9 nitrogen and oxygen atoms in total. The fraction of sp³-hybridized carbons (Fsp3) is 0.526. The van der Waals surface area contributed by atoms with Gasteiger partial charge in [-0.05, 0) is 51.8 Å². The SMILES string of the molecule is Cc1cc(C)n(-c2cc(OCC3CCN(Cc4nncn4C)CC3)ncn2)n1. The maximum absolute atomic E-state index is 5.98. The first-order valence-electron chi connectivity index (χ1n) is 9.62. The van der Waals surface area contributed by atoms with E-state index in [-0.39, 0.29) is 0 Å². The largest absolute Gasteiger partial charge is 0.477 e. The van der Waals surface area contributed by atoms with Gasteiger partial charge < -0.3 is 9.30 Å². The lowest BCUT2D eigenvalue weighted by Gasteiger charge is -2.31. The highest BCUT2D eigenvalue weighted by Crippen LogP contribution is 2.20. The molecule has 3 aromatic rings. The summed E-state index contributed by atoms with van der Waals surface area (Å²) in [6, 6.07) is 3.88. The molecule has 1 fully saturated rings. The summed E-state index contributed by atoms with van der Waals surface area (Å²) < 4.78 is 9.77. The van der Waals surface area contributed by atoms with Crippen molar-refractivity contribution in [1.29, 1.82) is 0 Å². The van der Waals surface area contributed by atoms with Crippen LogP contribution in [0.15, 0.2) is 24.8 Å². The monoisotopic (exact) mass is 382 g/mol. The lowest BCUT2D eigenvalue weighted by Crippen LogP contribution is -2.35. The highest BCUT2D eigenvalue weighted by Gasteiger charge is 2.21. The van der Waals surface area contributed by atoms with Crippen LogP contribution in [0.4, 0.5) is 0 Å². The van der Waals surface area contributed by atoms with Gasteiger partial charge in [-0.15, -0.1) is 10.2 Å². The molecule has 148 valence electrons. The highest BCUT2D eigenvalue weighted by molar-refractivity contribution is 5.29. The Morgan fingerprint density at radius 1 is 1.14 bits per heavy atom. The van der Waals surface area contributed by atoms with Crippen molar-refractivity contribution in [3.05, 3.63) is 42.0 Å². The Hall–Kier alpha value is -2.81. The van der Waals surface area contributed by atoms with Crippen molar-refractivity contribution in [2.75, 3.05) is 19.7 Å². The molecule has 28 heavy (non-hydrogen) atoms. The van der Waals surface area contributed by atoms with Crippen molar-refractivity contribution in [2.24, 2.45) is 13.0 Å². The Balaban J connectivity index is 1.29. The van der Waals surface area contributed by atoms with Crippen LogP contribution < -0.4 is 4.74 Å². The lowest BCUT2D eigenvalue weighted by molar-refractivity contribution is 0.131. The van der Waals surface area contributed by atoms with Gasteiger partial charge in [-0.3, -0.25) is 4.90 Å². The highest BCUT2D eigenvalue weighted by atomic mass is 16.5. The zero-order valence-electron chi connectivity index (χ0n) is 16.6. The lowest BCUT2D eigenvalue weighted by atomic mass is 9.98. The molecule has 0 radical (unpaired) electrons. The first kappa shape index (κ1) is 18.5. The van der Waals surface area contributed by atoms with E-state index in [1.807, 2.05) is 42.3 Å². The molecule has 0 saturated carbocycles. The first-order chi connectivity index (χ1) is 13.6. The summed E-state index contributed by atoms with van der Waals surface area (Å²) in [5, 5.41) is 12.6. The number of hydrogen-bond donors (Lipinski definition) is 0. The van der Waals surface area contributed by atoms with Crippen molar-refractivity contribution in [3.8, 4) is 11.7 Å². The third-order valence-electron chi connectivity index (χ3n) is 5.20. The molecule has 4 rings (SSSR count). The summed E-state index contributed by atoms with van der Waals surface area (Å²) in [6.07, 6.45) is 5.49. The van der Waals surface area contributed by atoms with E-state index in [0.717, 1.165) is 55.5 Å². The van der Waals surface area contributed by atoms with Crippen LogP contribution in [0.5, 0.6) is 5.88 Å². The molecule has 0 amide bonds. The molecule has 1 aliphatic rings. The van der Waals surface area contributed by atoms with Gasteiger partial charge in [-0.2, -0.15) is 5.10 Å². The molecule has 0 unspecified atom stereocenters. The Morgan fingerprint density at radius 2 is 1.96 bits per heavy atom. The van der Waals surface area contributed by atoms with Crippen LogP contribution in [-0.2, 0) is 13.6 Å². The second-order valence-electron chi connectivity index (χ2n) is 7.44. The third kappa shape index (κ3) is 4.19. The number of hydrogen-bond acceptors (Lipinski definition) is 7. The average molecular weight is 382 g/mol. The second kappa shape index (κ2) is 8.05. The number of piperidine rings is 1. The van der Waals surface area contributed by atoms with Gasteiger partial charge in [0.05, 0.1) is 18.8 Å². The molecule has 0 aromatic carbocycles. The molecule has 0 atom stereocenters. The number of likely N-dealkylation sites (tertiary alicyclic amines) is 1. The topological polar surface area (TPSA) is 86.8 Å². The molecule has 1 saturated heterocycles. The van der Waals surface area contributed by atoms with E-state index in [2.05, 4.69) is 30.2 Å². The predicted octanol–water partition coefficient (Wildman–Crippen LogP) is 1.70. The Bertz CT molecular complexity index is 926. The summed E-state index contributed by atoms with van der Waals surface area (Å²) >= 11 is 0. The van der Waals surface area contributed by atoms with E-state index in [9.17, 15) is 0 Å². The zero-order valence-corrected chi connectivity index (χ0v) is 16.6. The van der Waals surface area contributed by atoms with Crippen LogP contribution in [0.1, 0.15) is 30.1 Å². The smallest absolute Gasteiger partial charge is 0.218 e. The quantitative estimate of drug-likeness (QED) is 0.641. The second-order valence-corrected chi connectivity index (χ2v) is 7.44. The number of nitrogens with zero attached hydrogens (tertiary/aromatic N) is 8. The van der Waals surface area contributed by atoms with Crippen LogP contribution in [0.2, 0.25) is 0 Å². The van der Waals surface area contributed by atoms with E-state index >= 15 is 0 Å². The van der Waals surface area contributed by atoms with Crippen molar-refractivity contribution < 1.29 is 4.74 Å². The van der Waals surface area contributed by atoms with Crippen LogP contribution in [0.25, 0.3) is 5.82 Å². The van der Waals surface area contributed by atoms with Crippen molar-refractivity contribution >= 4 is 0 Å². The molecule has 9 heteroatoms. The maximum Gasteiger partial charge on any atom is 0.218 e. The predicted molar refractivity (Wildman–Crippen MR) is 103 cm³/mol. The summed E-state index contributed by atoms with van der Waals surface area (Å²) in [5.74, 6) is 2.86. The molecule has 0 spiro atoms. The van der Waals surface area contributed by atoms with E-state index in [1.165, 1.54) is 6.33 Å². The normalized spacial score (nSPS) is 15.8. The summed E-state index contributed by atoms with van der Waals surface area (Å²) in [7, 11) is 1.98. The van der Waals surface area contributed by atoms with Gasteiger partial charge in [0.2, 0.25) is 5.88 Å². The third-order valence-corrected chi connectivity index (χ3v) is 5.20. The van der Waals surface area contributed by atoms with Gasteiger partial charge in [0, 0.05) is 18.8 Å². The van der Waals surface area contributed by atoms with Gasteiger partial charge in [0.1, 0.15) is 18.5 Å². The molecular weight excluding hydrogens is 356 g/mol. The number of rotatable bonds is 6. The molecule has 1 aliphatic heterocycles. The summed E-state index contributed by atoms with van der Waals surface area (Å²) in [5.41, 5.74) is 2.00. The van der Waals surface area contributed by atoms with Crippen LogP contribution in [-0.4, -0.2) is 59.1 Å². The van der Waals surface area contributed by atoms with E-state index in [1.54, 1.807) is 6.33 Å². The fourth-order valence-corrected chi connectivity index (χ4v) is 3.55. The van der Waals surface area contributed by atoms with Crippen LogP contribution in [0.3, 0.4) is 0 Å². The Morgan fingerprint density at radius 3 is 2.64 bits per heavy atom. The van der Waals surface area contributed by atoms with Crippen LogP contribution in [0, 0.1) is 19.8 Å². The Kier molecular flexibility index (Phi) is 5.34. The van der Waals surface area contributed by atoms with Gasteiger partial charge in [-0.25, -0.2) is 14.6 Å². The van der Waals surface area contributed by atoms with Gasteiger partial charge in [0.25, 0.3) is 0 Å². The van der Waals surface area contributed by atoms with E-state index in [0.29, 0.717) is 18.4 Å².